The van der Waals surface area contributed by atoms with Crippen LogP contribution in [-0.4, -0.2) is 27.9 Å². The molecule has 0 saturated heterocycles. The summed E-state index contributed by atoms with van der Waals surface area (Å²) in [5, 5.41) is 18.6. The highest BCUT2D eigenvalue weighted by molar-refractivity contribution is 5.72. The van der Waals surface area contributed by atoms with Crippen molar-refractivity contribution < 1.29 is 22.7 Å². The highest BCUT2D eigenvalue weighted by atomic mass is 19.4. The Balaban J connectivity index is 1.28. The van der Waals surface area contributed by atoms with Crippen molar-refractivity contribution in [2.75, 3.05) is 5.01 Å². The molecule has 1 aromatic carbocycles. The first-order chi connectivity index (χ1) is 16.7. The largest absolute Gasteiger partial charge is 0.416 e. The molecule has 0 radical (unpaired) electrons. The third kappa shape index (κ3) is 3.68. The molecular formula is C27H27F4N3O. The first-order valence-corrected chi connectivity index (χ1v) is 12.2. The van der Waals surface area contributed by atoms with E-state index >= 15 is 0 Å². The lowest BCUT2D eigenvalue weighted by molar-refractivity contribution is -0.137. The van der Waals surface area contributed by atoms with Crippen LogP contribution in [0.25, 0.3) is 0 Å². The van der Waals surface area contributed by atoms with Crippen LogP contribution in [0.2, 0.25) is 0 Å². The van der Waals surface area contributed by atoms with E-state index in [2.05, 4.69) is 16.2 Å². The third-order valence-electron chi connectivity index (χ3n) is 8.55. The van der Waals surface area contributed by atoms with Gasteiger partial charge < -0.3 is 5.11 Å². The van der Waals surface area contributed by atoms with Crippen LogP contribution >= 0.6 is 0 Å². The van der Waals surface area contributed by atoms with Crippen LogP contribution in [-0.2, 0) is 12.6 Å². The zero-order valence-corrected chi connectivity index (χ0v) is 19.2. The molecule has 3 aliphatic carbocycles. The number of aliphatic hydroxyl groups is 1. The van der Waals surface area contributed by atoms with Gasteiger partial charge in [0.25, 0.3) is 0 Å². The fourth-order valence-corrected chi connectivity index (χ4v) is 6.78. The highest BCUT2D eigenvalue weighted by Gasteiger charge is 2.65. The maximum Gasteiger partial charge on any atom is 0.416 e. The van der Waals surface area contributed by atoms with Gasteiger partial charge in [0.15, 0.2) is 0 Å². The van der Waals surface area contributed by atoms with Crippen LogP contribution in [0.1, 0.15) is 49.8 Å². The van der Waals surface area contributed by atoms with Gasteiger partial charge >= 0.3 is 6.18 Å². The van der Waals surface area contributed by atoms with Gasteiger partial charge in [-0.2, -0.15) is 18.3 Å². The summed E-state index contributed by atoms with van der Waals surface area (Å²) in [6, 6.07) is 8.41. The Kier molecular flexibility index (Phi) is 5.11. The number of aromatic nitrogens is 1. The van der Waals surface area contributed by atoms with Crippen molar-refractivity contribution in [1.82, 2.24) is 4.98 Å². The van der Waals surface area contributed by atoms with Crippen molar-refractivity contribution >= 4 is 11.9 Å². The van der Waals surface area contributed by atoms with Gasteiger partial charge in [-0.05, 0) is 87.3 Å². The maximum absolute atomic E-state index is 13.4. The Hall–Kier alpha value is -2.74. The van der Waals surface area contributed by atoms with Gasteiger partial charge in [0.05, 0.1) is 22.9 Å². The van der Waals surface area contributed by atoms with Gasteiger partial charge in [0, 0.05) is 29.4 Å². The number of nitrogens with zero attached hydrogens (tertiary/aromatic N) is 3. The second kappa shape index (κ2) is 7.88. The fraction of sp³-hybridized carbons (Fsp3) is 0.481. The minimum atomic E-state index is -4.41. The predicted octanol–water partition coefficient (Wildman–Crippen LogP) is 5.91. The van der Waals surface area contributed by atoms with E-state index in [0.29, 0.717) is 30.9 Å². The number of hydrazone groups is 1. The molecule has 2 fully saturated rings. The molecule has 1 aromatic heterocycles. The lowest BCUT2D eigenvalue weighted by Crippen LogP contribution is -2.51. The maximum atomic E-state index is 13.4. The number of aryl methyl sites for hydroxylation is 1. The zero-order valence-electron chi connectivity index (χ0n) is 19.2. The number of fused-ring (bicyclic) bond motifs is 2. The number of hydrogen-bond donors (Lipinski definition) is 1. The first-order valence-electron chi connectivity index (χ1n) is 12.2. The summed E-state index contributed by atoms with van der Waals surface area (Å²) in [5.74, 6) is 0.199. The summed E-state index contributed by atoms with van der Waals surface area (Å²) in [6.45, 7) is 0. The molecular weight excluding hydrogens is 458 g/mol. The molecule has 1 aliphatic heterocycles. The lowest BCUT2D eigenvalue weighted by Gasteiger charge is -2.49. The Morgan fingerprint density at radius 2 is 1.89 bits per heavy atom. The molecule has 0 bridgehead atoms. The molecule has 4 aliphatic rings. The van der Waals surface area contributed by atoms with Gasteiger partial charge in [-0.3, -0.25) is 9.99 Å². The Morgan fingerprint density at radius 1 is 1.11 bits per heavy atom. The van der Waals surface area contributed by atoms with Crippen molar-refractivity contribution in [2.24, 2.45) is 22.4 Å². The standard InChI is InChI=1S/C27H27F4N3O/c28-21-3-5-23(6-4-21)34-24-14-19-7-10-25(35,26(19,18-1-2-18)15-17(24)16-33-34)11-8-22-13-20(9-12-32-22)27(29,30)31/h3-6,9,12-14,16-18,24,35H,1-2,7-8,10-11,15H2/t17?,24?,25-,26-/m1/s1. The van der Waals surface area contributed by atoms with Crippen LogP contribution in [0.15, 0.2) is 59.3 Å². The van der Waals surface area contributed by atoms with E-state index in [1.54, 1.807) is 12.1 Å². The van der Waals surface area contributed by atoms with Crippen molar-refractivity contribution in [3.8, 4) is 0 Å². The quantitative estimate of drug-likeness (QED) is 0.423. The normalized spacial score (nSPS) is 31.9. The number of benzene rings is 1. The number of pyridine rings is 1. The van der Waals surface area contributed by atoms with Crippen molar-refractivity contribution in [3.63, 3.8) is 0 Å². The van der Waals surface area contributed by atoms with Crippen molar-refractivity contribution in [1.29, 1.82) is 0 Å². The van der Waals surface area contributed by atoms with Crippen molar-refractivity contribution in [3.05, 3.63) is 71.3 Å². The Bertz CT molecular complexity index is 1190. The van der Waals surface area contributed by atoms with Gasteiger partial charge in [-0.1, -0.05) is 11.6 Å². The summed E-state index contributed by atoms with van der Waals surface area (Å²) in [5.41, 5.74) is 0.365. The molecule has 35 heavy (non-hydrogen) atoms. The molecule has 2 unspecified atom stereocenters. The molecule has 6 rings (SSSR count). The van der Waals surface area contributed by atoms with E-state index in [9.17, 15) is 22.7 Å². The van der Waals surface area contributed by atoms with E-state index in [-0.39, 0.29) is 23.2 Å². The smallest absolute Gasteiger partial charge is 0.389 e. The minimum absolute atomic E-state index is 0.0230. The van der Waals surface area contributed by atoms with E-state index in [0.717, 1.165) is 43.5 Å². The number of anilines is 1. The minimum Gasteiger partial charge on any atom is -0.389 e. The van der Waals surface area contributed by atoms with E-state index in [4.69, 9.17) is 0 Å². The molecule has 0 amide bonds. The number of alkyl halides is 3. The topological polar surface area (TPSA) is 48.7 Å². The van der Waals surface area contributed by atoms with E-state index in [1.165, 1.54) is 23.9 Å². The second-order valence-corrected chi connectivity index (χ2v) is 10.4. The van der Waals surface area contributed by atoms with Gasteiger partial charge in [0.1, 0.15) is 5.82 Å². The molecule has 1 N–H and O–H groups in total. The van der Waals surface area contributed by atoms with Crippen LogP contribution in [0.4, 0.5) is 23.2 Å². The van der Waals surface area contributed by atoms with Crippen LogP contribution < -0.4 is 5.01 Å². The second-order valence-electron chi connectivity index (χ2n) is 10.4. The fourth-order valence-electron chi connectivity index (χ4n) is 6.78. The molecule has 4 nitrogen and oxygen atoms in total. The van der Waals surface area contributed by atoms with Gasteiger partial charge in [-0.15, -0.1) is 0 Å². The third-order valence-corrected chi connectivity index (χ3v) is 8.55. The summed E-state index contributed by atoms with van der Waals surface area (Å²) < 4.78 is 52.9. The van der Waals surface area contributed by atoms with Crippen LogP contribution in [0.5, 0.6) is 0 Å². The molecule has 4 atom stereocenters. The van der Waals surface area contributed by atoms with Crippen LogP contribution in [0.3, 0.4) is 0 Å². The average Bonchev–Trinajstić information content (AvgIpc) is 3.55. The summed E-state index contributed by atoms with van der Waals surface area (Å²) in [4.78, 5) is 4.15. The molecule has 2 saturated carbocycles. The SMILES string of the molecule is O[C@@]1(CCc2cc(C(F)(F)F)ccn2)CCC2=CC3C(C=NN3c3ccc(F)cc3)C[C@@]21C1CC1. The molecule has 0 spiro atoms. The summed E-state index contributed by atoms with van der Waals surface area (Å²) >= 11 is 0. The molecule has 184 valence electrons. The summed E-state index contributed by atoms with van der Waals surface area (Å²) in [7, 11) is 0. The number of halogens is 4. The molecule has 2 heterocycles. The average molecular weight is 486 g/mol. The Morgan fingerprint density at radius 3 is 2.60 bits per heavy atom. The van der Waals surface area contributed by atoms with Gasteiger partial charge in [0.2, 0.25) is 0 Å². The van der Waals surface area contributed by atoms with Gasteiger partial charge in [-0.25, -0.2) is 4.39 Å². The highest BCUT2D eigenvalue weighted by Crippen LogP contribution is 2.68. The molecule has 8 heteroatoms. The van der Waals surface area contributed by atoms with Crippen LogP contribution in [0, 0.1) is 23.1 Å². The van der Waals surface area contributed by atoms with E-state index < -0.39 is 17.3 Å². The Labute approximate surface area is 201 Å². The molecule has 2 aromatic rings. The first kappa shape index (κ1) is 22.7. The number of hydrogen-bond acceptors (Lipinski definition) is 4. The zero-order chi connectivity index (χ0) is 24.4. The van der Waals surface area contributed by atoms with Crippen molar-refractivity contribution in [2.45, 2.75) is 62.8 Å². The number of rotatable bonds is 5. The lowest BCUT2D eigenvalue weighted by atomic mass is 9.59. The summed E-state index contributed by atoms with van der Waals surface area (Å²) in [6.07, 6.45) is 5.90. The van der Waals surface area contributed by atoms with E-state index in [1.807, 2.05) is 11.2 Å². The predicted molar refractivity (Wildman–Crippen MR) is 124 cm³/mol. The monoisotopic (exact) mass is 485 g/mol.